The van der Waals surface area contributed by atoms with Crippen LogP contribution in [0.15, 0.2) is 48.6 Å². The van der Waals surface area contributed by atoms with Gasteiger partial charge in [-0.05, 0) is 44.9 Å². The van der Waals surface area contributed by atoms with Crippen molar-refractivity contribution in [1.29, 1.82) is 0 Å². The highest BCUT2D eigenvalue weighted by Crippen LogP contribution is 2.06. The van der Waals surface area contributed by atoms with Gasteiger partial charge in [-0.3, -0.25) is 0 Å². The van der Waals surface area contributed by atoms with Gasteiger partial charge in [-0.2, -0.15) is 0 Å². The average Bonchev–Trinajstić information content (AvgIpc) is 2.47. The van der Waals surface area contributed by atoms with Crippen molar-refractivity contribution in [3.8, 4) is 0 Å². The summed E-state index contributed by atoms with van der Waals surface area (Å²) in [6, 6.07) is 0. The van der Waals surface area contributed by atoms with Crippen LogP contribution in [0.4, 0.5) is 0 Å². The van der Waals surface area contributed by atoms with E-state index in [9.17, 15) is 0 Å². The molecule has 20 heavy (non-hydrogen) atoms. The van der Waals surface area contributed by atoms with Crippen LogP contribution in [0.25, 0.3) is 0 Å². The van der Waals surface area contributed by atoms with E-state index in [-0.39, 0.29) is 0 Å². The Kier molecular flexibility index (Phi) is 17.0. The summed E-state index contributed by atoms with van der Waals surface area (Å²) in [5.74, 6) is 0. The first kappa shape index (κ1) is 19.0. The quantitative estimate of drug-likeness (QED) is 0.190. The first-order valence-electron chi connectivity index (χ1n) is 8.55. The monoisotopic (exact) mass is 274 g/mol. The molecule has 0 fully saturated rings. The summed E-state index contributed by atoms with van der Waals surface area (Å²) in [5, 5.41) is 0. The van der Waals surface area contributed by atoms with E-state index < -0.39 is 0 Å². The van der Waals surface area contributed by atoms with E-state index in [0.717, 1.165) is 6.42 Å². The molecule has 0 aromatic rings. The predicted octanol–water partition coefficient (Wildman–Crippen LogP) is 7.15. The van der Waals surface area contributed by atoms with Crippen molar-refractivity contribution in [2.24, 2.45) is 0 Å². The fraction of sp³-hybridized carbons (Fsp3) is 0.600. The summed E-state index contributed by atoms with van der Waals surface area (Å²) < 4.78 is 0. The highest BCUT2D eigenvalue weighted by atomic mass is 13.9. The second kappa shape index (κ2) is 18.0. The first-order chi connectivity index (χ1) is 9.91. The summed E-state index contributed by atoms with van der Waals surface area (Å²) in [5.41, 5.74) is 0. The number of unbranched alkanes of at least 4 members (excludes halogenated alkanes) is 7. The minimum atomic E-state index is 1.11. The first-order valence-corrected chi connectivity index (χ1v) is 8.55. The van der Waals surface area contributed by atoms with Gasteiger partial charge in [0.15, 0.2) is 0 Å². The Labute approximate surface area is 127 Å². The lowest BCUT2D eigenvalue weighted by Crippen LogP contribution is -1.75. The summed E-state index contributed by atoms with van der Waals surface area (Å²) >= 11 is 0. The van der Waals surface area contributed by atoms with E-state index in [1.165, 1.54) is 57.8 Å². The fourth-order valence-electron chi connectivity index (χ4n) is 1.97. The Hall–Kier alpha value is -1.04. The van der Waals surface area contributed by atoms with Gasteiger partial charge in [-0.25, -0.2) is 0 Å². The second-order valence-electron chi connectivity index (χ2n) is 5.25. The molecule has 0 rings (SSSR count). The smallest absolute Gasteiger partial charge is 0.0348 e. The average molecular weight is 274 g/mol. The molecule has 0 aromatic heterocycles. The molecule has 0 heteroatoms. The Morgan fingerprint density at radius 2 is 1.05 bits per heavy atom. The fourth-order valence-corrected chi connectivity index (χ4v) is 1.97. The molecule has 0 saturated heterocycles. The van der Waals surface area contributed by atoms with Crippen molar-refractivity contribution in [3.05, 3.63) is 48.6 Å². The zero-order chi connectivity index (χ0) is 14.7. The third-order valence-corrected chi connectivity index (χ3v) is 3.22. The minimum absolute atomic E-state index is 1.11. The Morgan fingerprint density at radius 1 is 0.500 bits per heavy atom. The van der Waals surface area contributed by atoms with E-state index in [2.05, 4.69) is 62.5 Å². The lowest BCUT2D eigenvalue weighted by Gasteiger charge is -1.95. The van der Waals surface area contributed by atoms with E-state index >= 15 is 0 Å². The van der Waals surface area contributed by atoms with Crippen molar-refractivity contribution in [2.75, 3.05) is 0 Å². The van der Waals surface area contributed by atoms with Gasteiger partial charge in [-0.15, -0.1) is 0 Å². The Morgan fingerprint density at radius 3 is 1.65 bits per heavy atom. The SMILES string of the molecule is CC/C=C/C=C/C=C/CCCCC/C=C/CCCCC. The van der Waals surface area contributed by atoms with Crippen LogP contribution < -0.4 is 0 Å². The molecule has 0 aliphatic heterocycles. The third kappa shape index (κ3) is 17.0. The van der Waals surface area contributed by atoms with Gasteiger partial charge in [0, 0.05) is 0 Å². The van der Waals surface area contributed by atoms with E-state index in [4.69, 9.17) is 0 Å². The number of allylic oxidation sites excluding steroid dienone is 8. The van der Waals surface area contributed by atoms with Gasteiger partial charge in [-0.1, -0.05) is 81.7 Å². The van der Waals surface area contributed by atoms with Gasteiger partial charge in [0.05, 0.1) is 0 Å². The van der Waals surface area contributed by atoms with Gasteiger partial charge < -0.3 is 0 Å². The van der Waals surface area contributed by atoms with Crippen molar-refractivity contribution in [3.63, 3.8) is 0 Å². The highest BCUT2D eigenvalue weighted by Gasteiger charge is 1.86. The minimum Gasteiger partial charge on any atom is -0.0885 e. The molecule has 0 spiro atoms. The maximum atomic E-state index is 2.37. The van der Waals surface area contributed by atoms with E-state index in [0.29, 0.717) is 0 Å². The standard InChI is InChI=1S/C20H34/c1-3-5-7-9-11-13-15-17-19-20-18-16-14-12-10-8-6-4-2/h5,7,9,11-15H,3-4,6,8,10,16-20H2,1-2H3/b7-5+,11-9+,14-12+,15-13+. The van der Waals surface area contributed by atoms with Crippen LogP contribution in [-0.4, -0.2) is 0 Å². The molecule has 0 saturated carbocycles. The molecular weight excluding hydrogens is 240 g/mol. The van der Waals surface area contributed by atoms with E-state index in [1.807, 2.05) is 0 Å². The molecule has 0 aromatic carbocycles. The van der Waals surface area contributed by atoms with Crippen LogP contribution in [0, 0.1) is 0 Å². The maximum Gasteiger partial charge on any atom is -0.0348 e. The third-order valence-electron chi connectivity index (χ3n) is 3.22. The molecule has 0 aliphatic carbocycles. The zero-order valence-electron chi connectivity index (χ0n) is 13.7. The molecule has 0 aliphatic rings. The molecule has 0 radical (unpaired) electrons. The van der Waals surface area contributed by atoms with Crippen LogP contribution in [0.1, 0.15) is 78.1 Å². The van der Waals surface area contributed by atoms with Crippen LogP contribution >= 0.6 is 0 Å². The van der Waals surface area contributed by atoms with Gasteiger partial charge >= 0.3 is 0 Å². The largest absolute Gasteiger partial charge is 0.0885 e. The number of rotatable bonds is 13. The number of hydrogen-bond acceptors (Lipinski definition) is 0. The molecule has 0 nitrogen and oxygen atoms in total. The van der Waals surface area contributed by atoms with Gasteiger partial charge in [0.1, 0.15) is 0 Å². The summed E-state index contributed by atoms with van der Waals surface area (Å²) in [7, 11) is 0. The van der Waals surface area contributed by atoms with Crippen molar-refractivity contribution >= 4 is 0 Å². The molecule has 0 N–H and O–H groups in total. The maximum absolute atomic E-state index is 2.37. The van der Waals surface area contributed by atoms with Crippen molar-refractivity contribution in [2.45, 2.75) is 78.1 Å². The van der Waals surface area contributed by atoms with Crippen LogP contribution in [0.2, 0.25) is 0 Å². The summed E-state index contributed by atoms with van der Waals surface area (Å²) in [4.78, 5) is 0. The normalized spacial score (nSPS) is 12.7. The van der Waals surface area contributed by atoms with Crippen LogP contribution in [0.5, 0.6) is 0 Å². The highest BCUT2D eigenvalue weighted by molar-refractivity contribution is 5.10. The van der Waals surface area contributed by atoms with Crippen LogP contribution in [-0.2, 0) is 0 Å². The Balaban J connectivity index is 3.25. The number of hydrogen-bond donors (Lipinski definition) is 0. The van der Waals surface area contributed by atoms with Crippen molar-refractivity contribution < 1.29 is 0 Å². The lowest BCUT2D eigenvalue weighted by molar-refractivity contribution is 0.692. The summed E-state index contributed by atoms with van der Waals surface area (Å²) in [6.45, 7) is 4.41. The Bertz CT molecular complexity index is 278. The topological polar surface area (TPSA) is 0 Å². The zero-order valence-corrected chi connectivity index (χ0v) is 13.7. The molecule has 0 unspecified atom stereocenters. The predicted molar refractivity (Wildman–Crippen MR) is 94.1 cm³/mol. The summed E-state index contributed by atoms with van der Waals surface area (Å²) in [6.07, 6.45) is 30.6. The molecule has 0 amide bonds. The van der Waals surface area contributed by atoms with Crippen LogP contribution in [0.3, 0.4) is 0 Å². The molecular formula is C20H34. The molecule has 114 valence electrons. The van der Waals surface area contributed by atoms with E-state index in [1.54, 1.807) is 0 Å². The molecule has 0 atom stereocenters. The molecule has 0 bridgehead atoms. The lowest BCUT2D eigenvalue weighted by atomic mass is 10.1. The van der Waals surface area contributed by atoms with Gasteiger partial charge in [0.2, 0.25) is 0 Å². The molecule has 0 heterocycles. The second-order valence-corrected chi connectivity index (χ2v) is 5.25. The van der Waals surface area contributed by atoms with Gasteiger partial charge in [0.25, 0.3) is 0 Å². The van der Waals surface area contributed by atoms with Crippen molar-refractivity contribution in [1.82, 2.24) is 0 Å².